The van der Waals surface area contributed by atoms with Crippen molar-refractivity contribution in [1.82, 2.24) is 15.0 Å². The van der Waals surface area contributed by atoms with Crippen LogP contribution in [0.3, 0.4) is 0 Å². The first kappa shape index (κ1) is 16.6. The molecule has 0 N–H and O–H groups in total. The van der Waals surface area contributed by atoms with E-state index in [4.69, 9.17) is 9.47 Å². The minimum absolute atomic E-state index is 0.0856. The van der Waals surface area contributed by atoms with Crippen LogP contribution in [0.15, 0.2) is 28.9 Å². The van der Waals surface area contributed by atoms with Crippen molar-refractivity contribution in [3.63, 3.8) is 0 Å². The number of nitrogens with zero attached hydrogens (tertiary/aromatic N) is 3. The molecule has 2 heterocycles. The van der Waals surface area contributed by atoms with Gasteiger partial charge in [-0.15, -0.1) is 5.10 Å². The van der Waals surface area contributed by atoms with Gasteiger partial charge in [0, 0.05) is 22.5 Å². The van der Waals surface area contributed by atoms with Crippen molar-refractivity contribution >= 4 is 15.9 Å². The lowest BCUT2D eigenvalue weighted by atomic mass is 9.96. The van der Waals surface area contributed by atoms with Gasteiger partial charge >= 0.3 is 0 Å². The number of halogens is 1. The van der Waals surface area contributed by atoms with E-state index >= 15 is 0 Å². The van der Waals surface area contributed by atoms with Crippen molar-refractivity contribution in [2.75, 3.05) is 13.2 Å². The van der Waals surface area contributed by atoms with Gasteiger partial charge < -0.3 is 9.47 Å². The number of hydrogen-bond donors (Lipinski definition) is 0. The van der Waals surface area contributed by atoms with E-state index < -0.39 is 0 Å². The Kier molecular flexibility index (Phi) is 4.85. The predicted molar refractivity (Wildman–Crippen MR) is 91.2 cm³/mol. The fourth-order valence-electron chi connectivity index (χ4n) is 2.52. The lowest BCUT2D eigenvalue weighted by Gasteiger charge is -2.34. The molecule has 5 nitrogen and oxygen atoms in total. The molecule has 1 saturated heterocycles. The molecule has 1 aromatic heterocycles. The summed E-state index contributed by atoms with van der Waals surface area (Å²) < 4.78 is 14.4. The molecule has 0 saturated carbocycles. The third-order valence-corrected chi connectivity index (χ3v) is 4.42. The van der Waals surface area contributed by atoms with Crippen LogP contribution < -0.4 is 0 Å². The molecule has 0 radical (unpaired) electrons. The van der Waals surface area contributed by atoms with E-state index in [0.29, 0.717) is 19.8 Å². The summed E-state index contributed by atoms with van der Waals surface area (Å²) in [5, 5.41) is 8.45. The van der Waals surface area contributed by atoms with Crippen LogP contribution in [0.5, 0.6) is 0 Å². The van der Waals surface area contributed by atoms with E-state index in [-0.39, 0.29) is 11.7 Å². The Hall–Kier alpha value is -1.24. The molecule has 2 aromatic rings. The summed E-state index contributed by atoms with van der Waals surface area (Å²) in [5.41, 5.74) is 3.53. The first-order chi connectivity index (χ1) is 10.9. The zero-order chi connectivity index (χ0) is 16.4. The average molecular weight is 380 g/mol. The van der Waals surface area contributed by atoms with Gasteiger partial charge in [-0.05, 0) is 30.2 Å². The van der Waals surface area contributed by atoms with E-state index in [1.165, 1.54) is 11.1 Å². The highest BCUT2D eigenvalue weighted by Gasteiger charge is 2.28. The van der Waals surface area contributed by atoms with Crippen molar-refractivity contribution in [3.05, 3.63) is 45.7 Å². The van der Waals surface area contributed by atoms with Crippen LogP contribution >= 0.6 is 15.9 Å². The van der Waals surface area contributed by atoms with Crippen LogP contribution in [0.1, 0.15) is 30.7 Å². The number of aryl methyl sites for hydroxylation is 1. The van der Waals surface area contributed by atoms with Crippen molar-refractivity contribution in [2.45, 2.75) is 40.0 Å². The molecule has 0 unspecified atom stereocenters. The lowest BCUT2D eigenvalue weighted by Crippen LogP contribution is -2.39. The van der Waals surface area contributed by atoms with Gasteiger partial charge in [-0.1, -0.05) is 41.1 Å². The Balaban J connectivity index is 1.61. The van der Waals surface area contributed by atoms with Gasteiger partial charge in [0.05, 0.1) is 25.5 Å². The Morgan fingerprint density at radius 3 is 2.78 bits per heavy atom. The molecule has 1 aromatic carbocycles. The first-order valence-corrected chi connectivity index (χ1v) is 8.58. The Morgan fingerprint density at radius 1 is 1.30 bits per heavy atom. The van der Waals surface area contributed by atoms with E-state index in [1.807, 2.05) is 6.20 Å². The van der Waals surface area contributed by atoms with Gasteiger partial charge in [0.1, 0.15) is 0 Å². The third-order valence-electron chi connectivity index (χ3n) is 3.92. The summed E-state index contributed by atoms with van der Waals surface area (Å²) >= 11 is 3.52. The highest BCUT2D eigenvalue weighted by Crippen LogP contribution is 2.23. The number of aromatic nitrogens is 3. The summed E-state index contributed by atoms with van der Waals surface area (Å²) in [5.74, 6) is 0. The van der Waals surface area contributed by atoms with E-state index in [1.54, 1.807) is 4.68 Å². The fourth-order valence-corrected chi connectivity index (χ4v) is 2.93. The average Bonchev–Trinajstić information content (AvgIpc) is 2.92. The number of ether oxygens (including phenoxy) is 2. The van der Waals surface area contributed by atoms with Crippen LogP contribution in [-0.4, -0.2) is 34.5 Å². The van der Waals surface area contributed by atoms with Gasteiger partial charge in [-0.3, -0.25) is 0 Å². The van der Waals surface area contributed by atoms with E-state index in [9.17, 15) is 0 Å². The summed E-state index contributed by atoms with van der Waals surface area (Å²) in [6.07, 6.45) is 2.49. The van der Waals surface area contributed by atoms with Gasteiger partial charge in [0.15, 0.2) is 6.29 Å². The summed E-state index contributed by atoms with van der Waals surface area (Å²) in [6.45, 7) is 8.36. The molecule has 124 valence electrons. The highest BCUT2D eigenvalue weighted by molar-refractivity contribution is 9.10. The van der Waals surface area contributed by atoms with E-state index in [2.05, 4.69) is 65.2 Å². The SMILES string of the molecule is Cc1ccc(Br)cc1Cc1cn(CC2OCC(C)(C)CO2)nn1. The molecule has 0 atom stereocenters. The minimum Gasteiger partial charge on any atom is -0.350 e. The van der Waals surface area contributed by atoms with Crippen LogP contribution in [0, 0.1) is 12.3 Å². The maximum atomic E-state index is 5.74. The van der Waals surface area contributed by atoms with Crippen LogP contribution in [0.2, 0.25) is 0 Å². The summed E-state index contributed by atoms with van der Waals surface area (Å²) in [6, 6.07) is 6.29. The molecule has 1 aliphatic heterocycles. The monoisotopic (exact) mass is 379 g/mol. The zero-order valence-electron chi connectivity index (χ0n) is 13.8. The van der Waals surface area contributed by atoms with Gasteiger partial charge in [-0.25, -0.2) is 4.68 Å². The number of rotatable bonds is 4. The molecule has 23 heavy (non-hydrogen) atoms. The summed E-state index contributed by atoms with van der Waals surface area (Å²) in [4.78, 5) is 0. The standard InChI is InChI=1S/C17H22BrN3O2/c1-12-4-5-14(18)6-13(12)7-15-8-21(20-19-15)9-16-22-10-17(2,3)11-23-16/h4-6,8,16H,7,9-11H2,1-3H3. The predicted octanol–water partition coefficient (Wildman–Crippen LogP) is 3.34. The minimum atomic E-state index is -0.245. The number of benzene rings is 1. The quantitative estimate of drug-likeness (QED) is 0.817. The van der Waals surface area contributed by atoms with Crippen molar-refractivity contribution < 1.29 is 9.47 Å². The molecule has 3 rings (SSSR count). The van der Waals surface area contributed by atoms with Crippen LogP contribution in [0.25, 0.3) is 0 Å². The molecule has 6 heteroatoms. The Labute approximate surface area is 145 Å². The molecular formula is C17H22BrN3O2. The second kappa shape index (κ2) is 6.71. The third kappa shape index (κ3) is 4.40. The zero-order valence-corrected chi connectivity index (χ0v) is 15.3. The number of hydrogen-bond acceptors (Lipinski definition) is 4. The lowest BCUT2D eigenvalue weighted by molar-refractivity contribution is -0.227. The van der Waals surface area contributed by atoms with Crippen molar-refractivity contribution in [1.29, 1.82) is 0 Å². The van der Waals surface area contributed by atoms with Crippen molar-refractivity contribution in [3.8, 4) is 0 Å². The maximum absolute atomic E-state index is 5.74. The first-order valence-electron chi connectivity index (χ1n) is 7.78. The highest BCUT2D eigenvalue weighted by atomic mass is 79.9. The molecular weight excluding hydrogens is 358 g/mol. The second-order valence-electron chi connectivity index (χ2n) is 6.90. The topological polar surface area (TPSA) is 49.2 Å². The fraction of sp³-hybridized carbons (Fsp3) is 0.529. The van der Waals surface area contributed by atoms with E-state index in [0.717, 1.165) is 16.6 Å². The van der Waals surface area contributed by atoms with Crippen LogP contribution in [0.4, 0.5) is 0 Å². The molecule has 1 fully saturated rings. The molecule has 0 spiro atoms. The molecule has 0 aliphatic carbocycles. The van der Waals surface area contributed by atoms with Gasteiger partial charge in [0.2, 0.25) is 0 Å². The van der Waals surface area contributed by atoms with Crippen LogP contribution in [-0.2, 0) is 22.4 Å². The Bertz CT molecular complexity index is 674. The molecule has 0 amide bonds. The maximum Gasteiger partial charge on any atom is 0.177 e. The Morgan fingerprint density at radius 2 is 2.04 bits per heavy atom. The van der Waals surface area contributed by atoms with Crippen molar-refractivity contribution in [2.24, 2.45) is 5.41 Å². The second-order valence-corrected chi connectivity index (χ2v) is 7.81. The largest absolute Gasteiger partial charge is 0.350 e. The summed E-state index contributed by atoms with van der Waals surface area (Å²) in [7, 11) is 0. The normalized spacial score (nSPS) is 18.3. The molecule has 1 aliphatic rings. The molecule has 0 bridgehead atoms. The smallest absolute Gasteiger partial charge is 0.177 e. The van der Waals surface area contributed by atoms with Gasteiger partial charge in [-0.2, -0.15) is 0 Å². The van der Waals surface area contributed by atoms with Gasteiger partial charge in [0.25, 0.3) is 0 Å².